The van der Waals surface area contributed by atoms with Gasteiger partial charge in [-0.25, -0.2) is 0 Å². The molecule has 0 radical (unpaired) electrons. The SMILES string of the molecule is CC(C)=C1[C@H]2CC[C@H]1[C@H]1C(=O)N(NC(=O)COc3ccc(C(C)(C)C)cc3)C(=O)[C@@H]12. The molecule has 1 aromatic rings. The van der Waals surface area contributed by atoms with E-state index in [0.717, 1.165) is 17.9 Å². The number of carbonyl (C=O) groups excluding carboxylic acids is 3. The van der Waals surface area contributed by atoms with E-state index in [4.69, 9.17) is 4.74 Å². The summed E-state index contributed by atoms with van der Waals surface area (Å²) in [7, 11) is 0. The van der Waals surface area contributed by atoms with Crippen LogP contribution in [0.1, 0.15) is 53.0 Å². The maximum Gasteiger partial charge on any atom is 0.276 e. The van der Waals surface area contributed by atoms with Crippen molar-refractivity contribution >= 4 is 17.7 Å². The number of nitrogens with one attached hydrogen (secondary N) is 1. The van der Waals surface area contributed by atoms with E-state index in [9.17, 15) is 14.4 Å². The number of benzene rings is 1. The van der Waals surface area contributed by atoms with Gasteiger partial charge >= 0.3 is 0 Å². The van der Waals surface area contributed by atoms with Crippen LogP contribution in [0.2, 0.25) is 0 Å². The standard InChI is InChI=1S/C24H30N2O4/c1-13(2)19-16-10-11-17(19)21-20(16)22(28)26(23(21)29)25-18(27)12-30-15-8-6-14(7-9-15)24(3,4)5/h6-9,16-17,20-21H,10-12H2,1-5H3,(H,25,27)/t16-,17-,20-,21-/m1/s1. The Morgan fingerprint density at radius 3 is 2.03 bits per heavy atom. The molecule has 1 saturated heterocycles. The van der Waals surface area contributed by atoms with Gasteiger partial charge in [0.15, 0.2) is 6.61 Å². The molecule has 160 valence electrons. The second-order valence-electron chi connectivity index (χ2n) is 9.91. The highest BCUT2D eigenvalue weighted by Crippen LogP contribution is 2.59. The predicted octanol–water partition coefficient (Wildman–Crippen LogP) is 3.37. The van der Waals surface area contributed by atoms with Crippen molar-refractivity contribution in [1.82, 2.24) is 10.4 Å². The molecule has 1 aromatic carbocycles. The van der Waals surface area contributed by atoms with Crippen molar-refractivity contribution in [1.29, 1.82) is 0 Å². The third-order valence-electron chi connectivity index (χ3n) is 6.76. The summed E-state index contributed by atoms with van der Waals surface area (Å²) in [4.78, 5) is 38.2. The fourth-order valence-electron chi connectivity index (χ4n) is 5.46. The summed E-state index contributed by atoms with van der Waals surface area (Å²) in [5, 5.41) is 0.941. The molecule has 3 aliphatic rings. The first-order chi connectivity index (χ1) is 14.1. The molecule has 2 saturated carbocycles. The Kier molecular flexibility index (Phi) is 4.99. The number of nitrogens with zero attached hydrogens (tertiary/aromatic N) is 1. The molecule has 3 amide bonds. The minimum atomic E-state index is -0.508. The summed E-state index contributed by atoms with van der Waals surface area (Å²) in [6.07, 6.45) is 1.89. The van der Waals surface area contributed by atoms with Gasteiger partial charge < -0.3 is 4.74 Å². The molecule has 0 spiro atoms. The van der Waals surface area contributed by atoms with Gasteiger partial charge in [0.1, 0.15) is 5.75 Å². The zero-order valence-corrected chi connectivity index (χ0v) is 18.3. The monoisotopic (exact) mass is 410 g/mol. The largest absolute Gasteiger partial charge is 0.484 e. The van der Waals surface area contributed by atoms with Crippen molar-refractivity contribution in [3.05, 3.63) is 41.0 Å². The van der Waals surface area contributed by atoms with Gasteiger partial charge in [0.2, 0.25) is 0 Å². The van der Waals surface area contributed by atoms with Crippen molar-refractivity contribution in [2.45, 2.75) is 52.9 Å². The summed E-state index contributed by atoms with van der Waals surface area (Å²) in [5.74, 6) is -0.870. The number of hydrogen-bond donors (Lipinski definition) is 1. The zero-order chi connectivity index (χ0) is 21.8. The Bertz CT molecular complexity index is 890. The van der Waals surface area contributed by atoms with E-state index in [-0.39, 0.29) is 47.5 Å². The first-order valence-corrected chi connectivity index (χ1v) is 10.7. The van der Waals surface area contributed by atoms with Crippen molar-refractivity contribution in [3.63, 3.8) is 0 Å². The molecule has 1 heterocycles. The molecule has 3 fully saturated rings. The topological polar surface area (TPSA) is 75.7 Å². The number of imide groups is 1. The number of ether oxygens (including phenoxy) is 1. The Morgan fingerprint density at radius 1 is 1.03 bits per heavy atom. The summed E-state index contributed by atoms with van der Waals surface area (Å²) < 4.78 is 5.54. The smallest absolute Gasteiger partial charge is 0.276 e. The summed E-state index contributed by atoms with van der Waals surface area (Å²) >= 11 is 0. The molecular formula is C24H30N2O4. The second-order valence-corrected chi connectivity index (χ2v) is 9.91. The Hall–Kier alpha value is -2.63. The fourth-order valence-corrected chi connectivity index (χ4v) is 5.46. The van der Waals surface area contributed by atoms with Crippen LogP contribution in [0.25, 0.3) is 0 Å². The van der Waals surface area contributed by atoms with Gasteiger partial charge in [0.25, 0.3) is 17.7 Å². The minimum absolute atomic E-state index is 0.0369. The molecule has 1 N–H and O–H groups in total. The van der Waals surface area contributed by atoms with Crippen LogP contribution in [0.15, 0.2) is 35.4 Å². The van der Waals surface area contributed by atoms with Crippen LogP contribution in [0.4, 0.5) is 0 Å². The summed E-state index contributed by atoms with van der Waals surface area (Å²) in [6, 6.07) is 7.59. The van der Waals surface area contributed by atoms with Crippen molar-refractivity contribution in [2.75, 3.05) is 6.61 Å². The molecule has 6 nitrogen and oxygen atoms in total. The Labute approximate surface area is 177 Å². The first kappa shape index (κ1) is 20.6. The van der Waals surface area contributed by atoms with Crippen LogP contribution < -0.4 is 10.2 Å². The van der Waals surface area contributed by atoms with E-state index in [1.807, 2.05) is 24.3 Å². The fraction of sp³-hybridized carbons (Fsp3) is 0.542. The van der Waals surface area contributed by atoms with Gasteiger partial charge in [0, 0.05) is 0 Å². The van der Waals surface area contributed by atoms with Crippen LogP contribution in [-0.2, 0) is 19.8 Å². The molecular weight excluding hydrogens is 380 g/mol. The van der Waals surface area contributed by atoms with E-state index in [0.29, 0.717) is 5.75 Å². The maximum atomic E-state index is 12.9. The lowest BCUT2D eigenvalue weighted by molar-refractivity contribution is -0.150. The second kappa shape index (κ2) is 7.25. The molecule has 4 rings (SSSR count). The van der Waals surface area contributed by atoms with E-state index in [1.165, 1.54) is 16.7 Å². The quantitative estimate of drug-likeness (QED) is 0.610. The first-order valence-electron chi connectivity index (χ1n) is 10.7. The van der Waals surface area contributed by atoms with Crippen molar-refractivity contribution in [3.8, 4) is 5.75 Å². The molecule has 0 aromatic heterocycles. The highest BCUT2D eigenvalue weighted by molar-refractivity contribution is 6.07. The molecule has 6 heteroatoms. The Morgan fingerprint density at radius 2 is 1.57 bits per heavy atom. The highest BCUT2D eigenvalue weighted by Gasteiger charge is 2.63. The average Bonchev–Trinajstić information content (AvgIpc) is 3.32. The minimum Gasteiger partial charge on any atom is -0.484 e. The average molecular weight is 411 g/mol. The van der Waals surface area contributed by atoms with Gasteiger partial charge in [-0.05, 0) is 61.6 Å². The van der Waals surface area contributed by atoms with Crippen molar-refractivity contribution in [2.24, 2.45) is 23.7 Å². The lowest BCUT2D eigenvalue weighted by Gasteiger charge is -2.20. The highest BCUT2D eigenvalue weighted by atomic mass is 16.5. The van der Waals surface area contributed by atoms with Gasteiger partial charge in [-0.15, -0.1) is 0 Å². The van der Waals surface area contributed by atoms with E-state index >= 15 is 0 Å². The summed E-state index contributed by atoms with van der Waals surface area (Å²) in [6.45, 7) is 10.2. The van der Waals surface area contributed by atoms with Gasteiger partial charge in [-0.2, -0.15) is 5.01 Å². The molecule has 0 unspecified atom stereocenters. The summed E-state index contributed by atoms with van der Waals surface area (Å²) in [5.41, 5.74) is 6.20. The van der Waals surface area contributed by atoms with Crippen LogP contribution in [-0.4, -0.2) is 29.3 Å². The van der Waals surface area contributed by atoms with Crippen molar-refractivity contribution < 1.29 is 19.1 Å². The lowest BCUT2D eigenvalue weighted by atomic mass is 9.81. The number of carbonyl (C=O) groups is 3. The van der Waals surface area contributed by atoms with E-state index < -0.39 is 5.91 Å². The van der Waals surface area contributed by atoms with Crippen LogP contribution in [0.3, 0.4) is 0 Å². The number of hydrazine groups is 1. The number of allylic oxidation sites excluding steroid dienone is 2. The number of hydrogen-bond acceptors (Lipinski definition) is 4. The van der Waals surface area contributed by atoms with Gasteiger partial charge in [-0.3, -0.25) is 19.8 Å². The van der Waals surface area contributed by atoms with Crippen LogP contribution >= 0.6 is 0 Å². The van der Waals surface area contributed by atoms with Gasteiger partial charge in [-0.1, -0.05) is 44.1 Å². The molecule has 4 atom stereocenters. The third-order valence-corrected chi connectivity index (χ3v) is 6.76. The molecule has 30 heavy (non-hydrogen) atoms. The normalized spacial score (nSPS) is 27.5. The lowest BCUT2D eigenvalue weighted by Crippen LogP contribution is -2.49. The van der Waals surface area contributed by atoms with E-state index in [1.54, 1.807) is 0 Å². The predicted molar refractivity (Wildman–Crippen MR) is 112 cm³/mol. The zero-order valence-electron chi connectivity index (χ0n) is 18.3. The van der Waals surface area contributed by atoms with Crippen LogP contribution in [0.5, 0.6) is 5.75 Å². The van der Waals surface area contributed by atoms with Gasteiger partial charge in [0.05, 0.1) is 11.8 Å². The molecule has 2 bridgehead atoms. The Balaban J connectivity index is 1.38. The number of amides is 3. The molecule has 1 aliphatic heterocycles. The van der Waals surface area contributed by atoms with Crippen LogP contribution in [0, 0.1) is 23.7 Å². The third kappa shape index (κ3) is 3.32. The van der Waals surface area contributed by atoms with E-state index in [2.05, 4.69) is 40.0 Å². The maximum absolute atomic E-state index is 12.9. The number of fused-ring (bicyclic) bond motifs is 5. The molecule has 2 aliphatic carbocycles. The number of rotatable bonds is 4.